The van der Waals surface area contributed by atoms with Crippen LogP contribution < -0.4 is 20.3 Å². The van der Waals surface area contributed by atoms with Crippen LogP contribution in [0.2, 0.25) is 0 Å². The molecule has 2 aromatic carbocycles. The van der Waals surface area contributed by atoms with Crippen molar-refractivity contribution in [1.82, 2.24) is 10.3 Å². The lowest BCUT2D eigenvalue weighted by molar-refractivity contribution is -0.114. The summed E-state index contributed by atoms with van der Waals surface area (Å²) < 4.78 is 12.0. The number of nitrogens with zero attached hydrogens (tertiary/aromatic N) is 2. The van der Waals surface area contributed by atoms with Crippen LogP contribution in [-0.4, -0.2) is 22.6 Å². The zero-order valence-corrected chi connectivity index (χ0v) is 20.8. The monoisotopic (exact) mass is 498 g/mol. The number of hydrogen-bond acceptors (Lipinski definition) is 5. The van der Waals surface area contributed by atoms with E-state index >= 15 is 0 Å². The maximum absolute atomic E-state index is 11.4. The highest BCUT2D eigenvalue weighted by Crippen LogP contribution is 2.43. The summed E-state index contributed by atoms with van der Waals surface area (Å²) in [5.41, 5.74) is 3.42. The minimum absolute atomic E-state index is 0.119. The van der Waals surface area contributed by atoms with E-state index in [9.17, 15) is 4.79 Å². The third kappa shape index (κ3) is 4.81. The molecular formula is C28H26N4O3S. The minimum atomic E-state index is -0.268. The molecule has 0 aliphatic carbocycles. The van der Waals surface area contributed by atoms with Crippen LogP contribution in [0.5, 0.6) is 5.75 Å². The lowest BCUT2D eigenvalue weighted by Gasteiger charge is -2.26. The minimum Gasteiger partial charge on any atom is -0.494 e. The van der Waals surface area contributed by atoms with Crippen molar-refractivity contribution in [2.75, 3.05) is 16.8 Å². The fraction of sp³-hybridized carbons (Fsp3) is 0.179. The molecule has 2 N–H and O–H groups in total. The number of benzene rings is 2. The van der Waals surface area contributed by atoms with Crippen molar-refractivity contribution in [1.29, 1.82) is 0 Å². The van der Waals surface area contributed by atoms with Crippen LogP contribution in [0.1, 0.15) is 37.4 Å². The molecule has 0 radical (unpaired) electrons. The molecule has 3 heterocycles. The van der Waals surface area contributed by atoms with Crippen molar-refractivity contribution in [3.63, 3.8) is 0 Å². The van der Waals surface area contributed by atoms with Crippen molar-refractivity contribution < 1.29 is 13.9 Å². The Kier molecular flexibility index (Phi) is 6.69. The second-order valence-corrected chi connectivity index (χ2v) is 8.77. The fourth-order valence-electron chi connectivity index (χ4n) is 4.38. The molecule has 4 aromatic rings. The van der Waals surface area contributed by atoms with E-state index < -0.39 is 0 Å². The van der Waals surface area contributed by atoms with Gasteiger partial charge in [0.1, 0.15) is 23.3 Å². The summed E-state index contributed by atoms with van der Waals surface area (Å²) in [6.45, 7) is 4.07. The van der Waals surface area contributed by atoms with Crippen LogP contribution in [-0.2, 0) is 4.79 Å². The smallest absolute Gasteiger partial charge is 0.221 e. The standard InChI is InChI=1S/C28H26N4O3S/c1-3-34-22-13-7-19(8-14-22)24-15-16-25(35-24)27-26(23-6-4-5-17-29-23)31-28(36)32(27)21-11-9-20(10-12-21)30-18(2)33/h4-17,26-27H,3H2,1-2H3,(H,30,33)(H,31,36)/t26-,27+/m0/s1. The quantitative estimate of drug-likeness (QED) is 0.308. The Morgan fingerprint density at radius 2 is 1.86 bits per heavy atom. The molecule has 8 heteroatoms. The number of aromatic nitrogens is 1. The van der Waals surface area contributed by atoms with Gasteiger partial charge in [0.2, 0.25) is 5.91 Å². The Hall–Kier alpha value is -4.17. The summed E-state index contributed by atoms with van der Waals surface area (Å²) in [5, 5.41) is 6.81. The normalized spacial score (nSPS) is 17.1. The number of thiocarbonyl (C=S) groups is 1. The molecule has 1 aliphatic heterocycles. The van der Waals surface area contributed by atoms with Gasteiger partial charge >= 0.3 is 0 Å². The highest BCUT2D eigenvalue weighted by molar-refractivity contribution is 7.80. The Labute approximate surface area is 215 Å². The van der Waals surface area contributed by atoms with E-state index in [1.165, 1.54) is 6.92 Å². The average molecular weight is 499 g/mol. The van der Waals surface area contributed by atoms with Gasteiger partial charge in [-0.15, -0.1) is 0 Å². The summed E-state index contributed by atoms with van der Waals surface area (Å²) in [6.07, 6.45) is 1.77. The lowest BCUT2D eigenvalue weighted by atomic mass is 10.0. The molecule has 182 valence electrons. The van der Waals surface area contributed by atoms with Crippen molar-refractivity contribution in [2.24, 2.45) is 0 Å². The van der Waals surface area contributed by atoms with Crippen LogP contribution in [0.4, 0.5) is 11.4 Å². The van der Waals surface area contributed by atoms with Gasteiger partial charge in [0.15, 0.2) is 5.11 Å². The van der Waals surface area contributed by atoms with E-state index in [1.54, 1.807) is 6.20 Å². The molecule has 7 nitrogen and oxygen atoms in total. The largest absolute Gasteiger partial charge is 0.494 e. The zero-order valence-electron chi connectivity index (χ0n) is 20.0. The Morgan fingerprint density at radius 1 is 1.08 bits per heavy atom. The van der Waals surface area contributed by atoms with E-state index in [4.69, 9.17) is 21.4 Å². The Bertz CT molecular complexity index is 1350. The number of rotatable bonds is 7. The lowest BCUT2D eigenvalue weighted by Crippen LogP contribution is -2.29. The van der Waals surface area contributed by atoms with E-state index in [-0.39, 0.29) is 18.0 Å². The topological polar surface area (TPSA) is 79.6 Å². The summed E-state index contributed by atoms with van der Waals surface area (Å²) in [6, 6.07) is 24.7. The number of ether oxygens (including phenoxy) is 1. The van der Waals surface area contributed by atoms with Gasteiger partial charge in [-0.1, -0.05) is 6.07 Å². The van der Waals surface area contributed by atoms with Gasteiger partial charge in [0.05, 0.1) is 18.3 Å². The van der Waals surface area contributed by atoms with Crippen molar-refractivity contribution in [3.05, 3.63) is 96.5 Å². The number of anilines is 2. The predicted molar refractivity (Wildman–Crippen MR) is 144 cm³/mol. The van der Waals surface area contributed by atoms with Crippen LogP contribution in [0, 0.1) is 0 Å². The maximum atomic E-state index is 11.4. The molecule has 36 heavy (non-hydrogen) atoms. The molecule has 0 spiro atoms. The van der Waals surface area contributed by atoms with Crippen molar-refractivity contribution in [2.45, 2.75) is 25.9 Å². The van der Waals surface area contributed by atoms with Gasteiger partial charge in [0, 0.05) is 30.1 Å². The van der Waals surface area contributed by atoms with Gasteiger partial charge in [-0.3, -0.25) is 9.78 Å². The van der Waals surface area contributed by atoms with E-state index in [0.29, 0.717) is 11.7 Å². The second kappa shape index (κ2) is 10.2. The van der Waals surface area contributed by atoms with Gasteiger partial charge in [-0.2, -0.15) is 0 Å². The molecule has 1 saturated heterocycles. The van der Waals surface area contributed by atoms with Crippen molar-refractivity contribution >= 4 is 34.6 Å². The summed E-state index contributed by atoms with van der Waals surface area (Å²) in [5.74, 6) is 2.22. The number of pyridine rings is 1. The third-order valence-corrected chi connectivity index (χ3v) is 6.25. The number of amides is 1. The summed E-state index contributed by atoms with van der Waals surface area (Å²) >= 11 is 5.78. The van der Waals surface area contributed by atoms with Crippen LogP contribution in [0.25, 0.3) is 11.3 Å². The first-order valence-corrected chi connectivity index (χ1v) is 12.2. The number of hydrogen-bond donors (Lipinski definition) is 2. The molecule has 5 rings (SSSR count). The van der Waals surface area contributed by atoms with Gasteiger partial charge < -0.3 is 24.7 Å². The first-order valence-electron chi connectivity index (χ1n) is 11.7. The molecule has 0 unspecified atom stereocenters. The molecule has 0 saturated carbocycles. The number of carbonyl (C=O) groups excluding carboxylic acids is 1. The van der Waals surface area contributed by atoms with Gasteiger partial charge in [0.25, 0.3) is 0 Å². The maximum Gasteiger partial charge on any atom is 0.221 e. The SMILES string of the molecule is CCOc1ccc(-c2ccc([C@@H]3[C@H](c4ccccn4)NC(=S)N3c3ccc(NC(C)=O)cc3)o2)cc1. The molecule has 1 amide bonds. The highest BCUT2D eigenvalue weighted by Gasteiger charge is 2.42. The fourth-order valence-corrected chi connectivity index (χ4v) is 4.73. The van der Waals surface area contributed by atoms with E-state index in [0.717, 1.165) is 39.9 Å². The average Bonchev–Trinajstić information content (AvgIpc) is 3.50. The van der Waals surface area contributed by atoms with Gasteiger partial charge in [-0.25, -0.2) is 0 Å². The molecular weight excluding hydrogens is 472 g/mol. The highest BCUT2D eigenvalue weighted by atomic mass is 32.1. The molecule has 2 atom stereocenters. The zero-order chi connectivity index (χ0) is 25.1. The van der Waals surface area contributed by atoms with Crippen molar-refractivity contribution in [3.8, 4) is 17.1 Å². The van der Waals surface area contributed by atoms with Crippen LogP contribution >= 0.6 is 12.2 Å². The third-order valence-electron chi connectivity index (χ3n) is 5.93. The van der Waals surface area contributed by atoms with E-state index in [2.05, 4.69) is 15.6 Å². The molecule has 1 fully saturated rings. The second-order valence-electron chi connectivity index (χ2n) is 8.38. The van der Waals surface area contributed by atoms with Crippen LogP contribution in [0.3, 0.4) is 0 Å². The van der Waals surface area contributed by atoms with Gasteiger partial charge in [-0.05, 0) is 91.9 Å². The predicted octanol–water partition coefficient (Wildman–Crippen LogP) is 5.88. The molecule has 2 aromatic heterocycles. The summed E-state index contributed by atoms with van der Waals surface area (Å²) in [4.78, 5) is 18.1. The van der Waals surface area contributed by atoms with E-state index in [1.807, 2.05) is 90.7 Å². The Morgan fingerprint density at radius 3 is 2.53 bits per heavy atom. The molecule has 1 aliphatic rings. The summed E-state index contributed by atoms with van der Waals surface area (Å²) in [7, 11) is 0. The Balaban J connectivity index is 1.51. The number of furan rings is 1. The number of nitrogens with one attached hydrogen (secondary N) is 2. The number of carbonyl (C=O) groups is 1. The van der Waals surface area contributed by atoms with Crippen LogP contribution in [0.15, 0.2) is 89.5 Å². The first kappa shape index (κ1) is 23.6. The first-order chi connectivity index (χ1) is 17.5. The molecule has 0 bridgehead atoms.